The summed E-state index contributed by atoms with van der Waals surface area (Å²) in [5.74, 6) is 6.53. The van der Waals surface area contributed by atoms with Crippen LogP contribution in [-0.4, -0.2) is 6.72 Å². The molecule has 0 amide bonds. The van der Waals surface area contributed by atoms with E-state index in [-0.39, 0.29) is 0 Å². The summed E-state index contributed by atoms with van der Waals surface area (Å²) in [6.45, 7) is 9.46. The van der Waals surface area contributed by atoms with Crippen LogP contribution in [0.4, 0.5) is 0 Å². The molecule has 3 rings (SSSR count). The zero-order valence-corrected chi connectivity index (χ0v) is 17.7. The molecule has 0 saturated heterocycles. The summed E-state index contributed by atoms with van der Waals surface area (Å²) < 4.78 is 0. The molecule has 0 aliphatic heterocycles. The first-order valence-corrected chi connectivity index (χ1v) is 10.7. The van der Waals surface area contributed by atoms with E-state index in [1.807, 2.05) is 30.8 Å². The smallest absolute Gasteiger partial charge is 0.0745 e. The van der Waals surface area contributed by atoms with Gasteiger partial charge in [0.25, 0.3) is 0 Å². The topological polar surface area (TPSA) is 76.4 Å². The average Bonchev–Trinajstić information content (AvgIpc) is 3.20. The molecule has 0 unspecified atom stereocenters. The minimum atomic E-state index is 0.591. The molecule has 150 valence electrons. The highest BCUT2D eigenvalue weighted by atomic mass is 32.2. The van der Waals surface area contributed by atoms with Crippen LogP contribution in [-0.2, 0) is 5.75 Å². The Kier molecular flexibility index (Phi) is 6.96. The van der Waals surface area contributed by atoms with Gasteiger partial charge in [-0.25, -0.2) is 0 Å². The van der Waals surface area contributed by atoms with E-state index in [4.69, 9.17) is 11.6 Å². The van der Waals surface area contributed by atoms with Gasteiger partial charge in [0.2, 0.25) is 0 Å². The van der Waals surface area contributed by atoms with Gasteiger partial charge in [0.1, 0.15) is 0 Å². The third-order valence-corrected chi connectivity index (χ3v) is 6.33. The van der Waals surface area contributed by atoms with Crippen LogP contribution in [0, 0.1) is 0 Å². The molecule has 0 spiro atoms. The van der Waals surface area contributed by atoms with Crippen molar-refractivity contribution in [3.05, 3.63) is 88.1 Å². The van der Waals surface area contributed by atoms with Gasteiger partial charge in [0, 0.05) is 16.4 Å². The highest BCUT2D eigenvalue weighted by Crippen LogP contribution is 2.36. The lowest BCUT2D eigenvalue weighted by Crippen LogP contribution is -2.24. The van der Waals surface area contributed by atoms with Gasteiger partial charge in [0.05, 0.1) is 11.4 Å². The molecule has 4 nitrogen and oxygen atoms in total. The molecule has 0 atom stereocenters. The number of nitrogens with zero attached hydrogens (tertiary/aromatic N) is 1. The Morgan fingerprint density at radius 2 is 1.69 bits per heavy atom. The molecule has 29 heavy (non-hydrogen) atoms. The molecule has 2 aromatic carbocycles. The predicted molar refractivity (Wildman–Crippen MR) is 127 cm³/mol. The van der Waals surface area contributed by atoms with Crippen molar-refractivity contribution in [3.8, 4) is 11.1 Å². The minimum absolute atomic E-state index is 0.591. The van der Waals surface area contributed by atoms with E-state index in [1.165, 1.54) is 28.1 Å². The van der Waals surface area contributed by atoms with Gasteiger partial charge in [-0.1, -0.05) is 55.1 Å². The normalized spacial score (nSPS) is 14.6. The number of allylic oxidation sites excluding steroid dienone is 3. The second-order valence-corrected chi connectivity index (χ2v) is 8.23. The van der Waals surface area contributed by atoms with Crippen molar-refractivity contribution >= 4 is 24.2 Å². The van der Waals surface area contributed by atoms with Crippen molar-refractivity contribution < 1.29 is 0 Å². The Morgan fingerprint density at radius 3 is 2.24 bits per heavy atom. The largest absolute Gasteiger partial charge is 0.397 e. The fourth-order valence-electron chi connectivity index (χ4n) is 3.40. The first kappa shape index (κ1) is 21.0. The maximum Gasteiger partial charge on any atom is 0.0745 e. The number of benzene rings is 2. The standard InChI is InChI=1S/C24H28N4S/c1-16(2)24(28-26)23(25)20-13-11-19(12-14-20)18-9-7-17(8-10-18)15-29-22-6-4-5-21(22)27-3/h7-14,28H,1,3-6,15,25-26H2,2H3/b24-23-. The molecule has 5 heteroatoms. The number of nitrogens with one attached hydrogen (secondary N) is 1. The molecule has 0 bridgehead atoms. The Balaban J connectivity index is 1.70. The van der Waals surface area contributed by atoms with Crippen LogP contribution in [0.1, 0.15) is 37.3 Å². The van der Waals surface area contributed by atoms with E-state index in [0.717, 1.165) is 35.3 Å². The van der Waals surface area contributed by atoms with Crippen LogP contribution in [0.25, 0.3) is 16.8 Å². The lowest BCUT2D eigenvalue weighted by molar-refractivity contribution is 0.896. The number of thioether (sulfide) groups is 1. The first-order valence-electron chi connectivity index (χ1n) is 9.67. The van der Waals surface area contributed by atoms with Gasteiger partial charge in [0.15, 0.2) is 0 Å². The summed E-state index contributed by atoms with van der Waals surface area (Å²) in [7, 11) is 0. The quantitative estimate of drug-likeness (QED) is 0.240. The highest BCUT2D eigenvalue weighted by molar-refractivity contribution is 8.02. The third-order valence-electron chi connectivity index (χ3n) is 5.07. The molecule has 1 aliphatic carbocycles. The van der Waals surface area contributed by atoms with E-state index < -0.39 is 0 Å². The van der Waals surface area contributed by atoms with Crippen LogP contribution < -0.4 is 17.0 Å². The van der Waals surface area contributed by atoms with Gasteiger partial charge in [-0.3, -0.25) is 10.8 Å². The van der Waals surface area contributed by atoms with Crippen molar-refractivity contribution in [2.24, 2.45) is 16.6 Å². The zero-order chi connectivity index (χ0) is 20.8. The van der Waals surface area contributed by atoms with E-state index in [9.17, 15) is 0 Å². The summed E-state index contributed by atoms with van der Waals surface area (Å²) in [5.41, 5.74) is 16.6. The second-order valence-electron chi connectivity index (χ2n) is 7.16. The molecular formula is C24H28N4S. The Labute approximate surface area is 177 Å². The first-order chi connectivity index (χ1) is 14.0. The summed E-state index contributed by atoms with van der Waals surface area (Å²) >= 11 is 1.89. The molecule has 0 radical (unpaired) electrons. The molecule has 2 aromatic rings. The number of hydrogen-bond donors (Lipinski definition) is 3. The lowest BCUT2D eigenvalue weighted by atomic mass is 10.0. The monoisotopic (exact) mass is 404 g/mol. The summed E-state index contributed by atoms with van der Waals surface area (Å²) in [4.78, 5) is 5.56. The van der Waals surface area contributed by atoms with Crippen molar-refractivity contribution in [2.75, 3.05) is 0 Å². The number of aliphatic imine (C=N–C) groups is 1. The molecular weight excluding hydrogens is 376 g/mol. The van der Waals surface area contributed by atoms with Crippen LogP contribution >= 0.6 is 11.8 Å². The minimum Gasteiger partial charge on any atom is -0.397 e. The molecule has 0 aromatic heterocycles. The molecule has 0 saturated carbocycles. The highest BCUT2D eigenvalue weighted by Gasteiger charge is 2.13. The number of nitrogens with two attached hydrogens (primary N) is 2. The third kappa shape index (κ3) is 5.00. The lowest BCUT2D eigenvalue weighted by Gasteiger charge is -2.12. The van der Waals surface area contributed by atoms with Crippen molar-refractivity contribution in [2.45, 2.75) is 31.9 Å². The summed E-state index contributed by atoms with van der Waals surface area (Å²) in [6, 6.07) is 16.9. The average molecular weight is 405 g/mol. The number of rotatable bonds is 8. The second kappa shape index (κ2) is 9.63. The van der Waals surface area contributed by atoms with E-state index in [0.29, 0.717) is 11.4 Å². The van der Waals surface area contributed by atoms with Crippen molar-refractivity contribution in [3.63, 3.8) is 0 Å². The molecule has 5 N–H and O–H groups in total. The number of hydrazine groups is 1. The maximum atomic E-state index is 6.22. The fourth-order valence-corrected chi connectivity index (χ4v) is 4.56. The van der Waals surface area contributed by atoms with Crippen LogP contribution in [0.2, 0.25) is 0 Å². The summed E-state index contributed by atoms with van der Waals surface area (Å²) in [6.07, 6.45) is 3.39. The summed E-state index contributed by atoms with van der Waals surface area (Å²) in [5, 5.41) is 0. The Bertz CT molecular complexity index is 953. The predicted octanol–water partition coefficient (Wildman–Crippen LogP) is 5.35. The van der Waals surface area contributed by atoms with Crippen molar-refractivity contribution in [1.29, 1.82) is 0 Å². The SMILES string of the molecule is C=NC1=C(SCc2ccc(-c3ccc(/C(N)=C(/NN)C(=C)C)cc3)cc2)CCC1. The van der Waals surface area contributed by atoms with Gasteiger partial charge in [-0.2, -0.15) is 0 Å². The Hall–Kier alpha value is -2.76. The number of hydrogen-bond acceptors (Lipinski definition) is 5. The van der Waals surface area contributed by atoms with Gasteiger partial charge in [-0.15, -0.1) is 11.8 Å². The maximum absolute atomic E-state index is 6.22. The van der Waals surface area contributed by atoms with Gasteiger partial charge < -0.3 is 11.2 Å². The molecule has 1 aliphatic rings. The fraction of sp³-hybridized carbons (Fsp3) is 0.208. The van der Waals surface area contributed by atoms with E-state index in [1.54, 1.807) is 0 Å². The van der Waals surface area contributed by atoms with Crippen molar-refractivity contribution in [1.82, 2.24) is 5.43 Å². The Morgan fingerprint density at radius 1 is 1.07 bits per heavy atom. The van der Waals surface area contributed by atoms with Gasteiger partial charge >= 0.3 is 0 Å². The molecule has 0 fully saturated rings. The van der Waals surface area contributed by atoms with Gasteiger partial charge in [-0.05, 0) is 60.7 Å². The van der Waals surface area contributed by atoms with Crippen LogP contribution in [0.15, 0.2) is 82.0 Å². The van der Waals surface area contributed by atoms with Crippen LogP contribution in [0.5, 0.6) is 0 Å². The van der Waals surface area contributed by atoms with E-state index in [2.05, 4.69) is 60.1 Å². The van der Waals surface area contributed by atoms with Crippen LogP contribution in [0.3, 0.4) is 0 Å². The zero-order valence-electron chi connectivity index (χ0n) is 16.9. The van der Waals surface area contributed by atoms with E-state index >= 15 is 0 Å². The molecule has 0 heterocycles.